The maximum atomic E-state index is 4.03. The minimum atomic E-state index is 1.22. The van der Waals surface area contributed by atoms with Crippen LogP contribution in [-0.2, 0) is 0 Å². The monoisotopic (exact) mass is 169 g/mol. The average molecular weight is 169 g/mol. The van der Waals surface area contributed by atoms with Gasteiger partial charge in [0.2, 0.25) is 0 Å². The number of hydrogen-bond donors (Lipinski definition) is 0. The Kier molecular flexibility index (Phi) is 5.94. The number of aromatic nitrogens is 1. The van der Waals surface area contributed by atoms with E-state index >= 15 is 0 Å². The molecule has 62 valence electrons. The topological polar surface area (TPSA) is 12.9 Å². The fraction of sp³-hybridized carbons (Fsp3) is 0.444. The van der Waals surface area contributed by atoms with Crippen LogP contribution in [-0.4, -0.2) is 11.2 Å². The molecule has 0 fully saturated rings. The van der Waals surface area contributed by atoms with Crippen molar-refractivity contribution >= 4 is 11.8 Å². The first kappa shape index (κ1) is 10.5. The van der Waals surface area contributed by atoms with Crippen molar-refractivity contribution in [2.24, 2.45) is 0 Å². The van der Waals surface area contributed by atoms with Crippen LogP contribution in [0.5, 0.6) is 0 Å². The third kappa shape index (κ3) is 4.04. The minimum Gasteiger partial charge on any atom is -0.263 e. The fourth-order valence-corrected chi connectivity index (χ4v) is 1.11. The van der Waals surface area contributed by atoms with Crippen LogP contribution in [0.4, 0.5) is 0 Å². The highest BCUT2D eigenvalue weighted by atomic mass is 32.2. The highest BCUT2D eigenvalue weighted by Crippen LogP contribution is 2.12. The van der Waals surface area contributed by atoms with Gasteiger partial charge < -0.3 is 0 Å². The van der Waals surface area contributed by atoms with Crippen molar-refractivity contribution < 1.29 is 0 Å². The van der Waals surface area contributed by atoms with Crippen molar-refractivity contribution in [3.05, 3.63) is 24.0 Å². The highest BCUT2D eigenvalue weighted by Gasteiger charge is 1.87. The molecule has 0 saturated heterocycles. The summed E-state index contributed by atoms with van der Waals surface area (Å²) < 4.78 is 0. The van der Waals surface area contributed by atoms with Gasteiger partial charge in [-0.3, -0.25) is 4.98 Å². The van der Waals surface area contributed by atoms with E-state index in [1.807, 2.05) is 33.2 Å². The van der Waals surface area contributed by atoms with Crippen molar-refractivity contribution in [1.29, 1.82) is 0 Å². The molecular weight excluding hydrogens is 154 g/mol. The number of aryl methyl sites for hydroxylation is 1. The maximum Gasteiger partial charge on any atom is 0.0403 e. The molecule has 0 spiro atoms. The molecule has 0 aliphatic heterocycles. The summed E-state index contributed by atoms with van der Waals surface area (Å²) in [6, 6.07) is 2.12. The van der Waals surface area contributed by atoms with Crippen LogP contribution in [0.15, 0.2) is 23.4 Å². The predicted octanol–water partition coefficient (Wildman–Crippen LogP) is 3.14. The third-order valence-corrected chi connectivity index (χ3v) is 1.78. The molecule has 0 aliphatic carbocycles. The Morgan fingerprint density at radius 2 is 1.91 bits per heavy atom. The van der Waals surface area contributed by atoms with Gasteiger partial charge in [0.1, 0.15) is 0 Å². The number of thioether (sulfide) groups is 1. The summed E-state index contributed by atoms with van der Waals surface area (Å²) >= 11 is 1.72. The summed E-state index contributed by atoms with van der Waals surface area (Å²) in [6.07, 6.45) is 5.79. The van der Waals surface area contributed by atoms with E-state index in [-0.39, 0.29) is 0 Å². The molecule has 1 nitrogen and oxygen atoms in total. The summed E-state index contributed by atoms with van der Waals surface area (Å²) in [7, 11) is 0. The number of rotatable bonds is 1. The molecule has 0 atom stereocenters. The van der Waals surface area contributed by atoms with Crippen molar-refractivity contribution in [2.75, 3.05) is 6.26 Å². The summed E-state index contributed by atoms with van der Waals surface area (Å²) in [6.45, 7) is 6.05. The fourth-order valence-electron chi connectivity index (χ4n) is 0.639. The first-order valence-electron chi connectivity index (χ1n) is 3.78. The Morgan fingerprint density at radius 1 is 1.27 bits per heavy atom. The molecule has 1 rings (SSSR count). The predicted molar refractivity (Wildman–Crippen MR) is 52.1 cm³/mol. The third-order valence-electron chi connectivity index (χ3n) is 1.09. The first-order chi connectivity index (χ1) is 5.33. The minimum absolute atomic E-state index is 1.22. The lowest BCUT2D eigenvalue weighted by Gasteiger charge is -1.93. The maximum absolute atomic E-state index is 4.03. The Labute approximate surface area is 73.2 Å². The molecule has 1 aromatic rings. The lowest BCUT2D eigenvalue weighted by atomic mass is 10.3. The van der Waals surface area contributed by atoms with E-state index in [0.717, 1.165) is 0 Å². The van der Waals surface area contributed by atoms with Crippen molar-refractivity contribution in [1.82, 2.24) is 4.98 Å². The van der Waals surface area contributed by atoms with Crippen LogP contribution in [0.1, 0.15) is 19.4 Å². The van der Waals surface area contributed by atoms with Crippen LogP contribution >= 0.6 is 11.8 Å². The first-order valence-corrected chi connectivity index (χ1v) is 5.01. The van der Waals surface area contributed by atoms with Gasteiger partial charge in [0.05, 0.1) is 0 Å². The average Bonchev–Trinajstić information content (AvgIpc) is 2.08. The number of hydrogen-bond acceptors (Lipinski definition) is 2. The van der Waals surface area contributed by atoms with Crippen LogP contribution in [0.25, 0.3) is 0 Å². The van der Waals surface area contributed by atoms with Gasteiger partial charge in [-0.1, -0.05) is 13.8 Å². The molecule has 0 amide bonds. The van der Waals surface area contributed by atoms with E-state index < -0.39 is 0 Å². The number of pyridine rings is 1. The van der Waals surface area contributed by atoms with E-state index in [1.165, 1.54) is 10.5 Å². The van der Waals surface area contributed by atoms with E-state index in [4.69, 9.17) is 0 Å². The Morgan fingerprint density at radius 3 is 2.27 bits per heavy atom. The molecule has 1 aromatic heterocycles. The Bertz CT molecular complexity index is 199. The molecule has 0 aromatic carbocycles. The summed E-state index contributed by atoms with van der Waals surface area (Å²) in [4.78, 5) is 5.27. The van der Waals surface area contributed by atoms with Gasteiger partial charge in [-0.25, -0.2) is 0 Å². The van der Waals surface area contributed by atoms with E-state index in [1.54, 1.807) is 11.8 Å². The lowest BCUT2D eigenvalue weighted by molar-refractivity contribution is 1.19. The summed E-state index contributed by atoms with van der Waals surface area (Å²) in [5.74, 6) is 0. The van der Waals surface area contributed by atoms with Crippen molar-refractivity contribution in [2.45, 2.75) is 25.7 Å². The van der Waals surface area contributed by atoms with Gasteiger partial charge >= 0.3 is 0 Å². The zero-order valence-electron chi connectivity index (χ0n) is 7.59. The van der Waals surface area contributed by atoms with Crippen LogP contribution in [0.3, 0.4) is 0 Å². The molecule has 0 N–H and O–H groups in total. The second-order valence-corrected chi connectivity index (χ2v) is 2.78. The zero-order chi connectivity index (χ0) is 8.69. The molecule has 0 saturated carbocycles. The van der Waals surface area contributed by atoms with Gasteiger partial charge in [0, 0.05) is 17.3 Å². The smallest absolute Gasteiger partial charge is 0.0403 e. The molecule has 0 aliphatic rings. The van der Waals surface area contributed by atoms with Crippen LogP contribution in [0.2, 0.25) is 0 Å². The van der Waals surface area contributed by atoms with E-state index in [2.05, 4.69) is 17.3 Å². The highest BCUT2D eigenvalue weighted by molar-refractivity contribution is 7.98. The normalized spacial score (nSPS) is 8.36. The molecule has 0 radical (unpaired) electrons. The molecule has 11 heavy (non-hydrogen) atoms. The summed E-state index contributed by atoms with van der Waals surface area (Å²) in [5.41, 5.74) is 1.22. The quantitative estimate of drug-likeness (QED) is 0.599. The van der Waals surface area contributed by atoms with E-state index in [0.29, 0.717) is 0 Å². The van der Waals surface area contributed by atoms with Crippen molar-refractivity contribution in [3.63, 3.8) is 0 Å². The SMILES string of the molecule is CC.CSc1cncc(C)c1. The number of nitrogens with zero attached hydrogens (tertiary/aromatic N) is 1. The Balaban J connectivity index is 0.000000461. The lowest BCUT2D eigenvalue weighted by Crippen LogP contribution is -1.76. The second kappa shape index (κ2) is 6.23. The summed E-state index contributed by atoms with van der Waals surface area (Å²) in [5, 5.41) is 0. The Hall–Kier alpha value is -0.500. The molecular formula is C9H15NS. The van der Waals surface area contributed by atoms with Crippen molar-refractivity contribution in [3.8, 4) is 0 Å². The molecule has 0 unspecified atom stereocenters. The van der Waals surface area contributed by atoms with E-state index in [9.17, 15) is 0 Å². The molecule has 1 heterocycles. The standard InChI is InChI=1S/C7H9NS.C2H6/c1-6-3-7(9-2)5-8-4-6;1-2/h3-5H,1-2H3;1-2H3. The van der Waals surface area contributed by atoms with Crippen LogP contribution in [0, 0.1) is 6.92 Å². The van der Waals surface area contributed by atoms with Gasteiger partial charge in [-0.2, -0.15) is 0 Å². The van der Waals surface area contributed by atoms with Gasteiger partial charge in [-0.15, -0.1) is 11.8 Å². The second-order valence-electron chi connectivity index (χ2n) is 1.90. The zero-order valence-corrected chi connectivity index (χ0v) is 8.40. The van der Waals surface area contributed by atoms with Gasteiger partial charge in [0.15, 0.2) is 0 Å². The largest absolute Gasteiger partial charge is 0.263 e. The molecule has 2 heteroatoms. The van der Waals surface area contributed by atoms with Crippen LogP contribution < -0.4 is 0 Å². The van der Waals surface area contributed by atoms with Gasteiger partial charge in [-0.05, 0) is 24.8 Å². The molecule has 0 bridgehead atoms. The van der Waals surface area contributed by atoms with Gasteiger partial charge in [0.25, 0.3) is 0 Å².